The highest BCUT2D eigenvalue weighted by atomic mass is 32.1. The van der Waals surface area contributed by atoms with Crippen molar-refractivity contribution in [3.63, 3.8) is 0 Å². The van der Waals surface area contributed by atoms with Gasteiger partial charge in [-0.25, -0.2) is 0 Å². The maximum Gasteiger partial charge on any atom is 0.225 e. The lowest BCUT2D eigenvalue weighted by molar-refractivity contribution is -0.122. The quantitative estimate of drug-likeness (QED) is 0.824. The van der Waals surface area contributed by atoms with E-state index in [0.717, 1.165) is 27.4 Å². The molecule has 4 nitrogen and oxygen atoms in total. The van der Waals surface area contributed by atoms with Crippen LogP contribution in [0.1, 0.15) is 23.4 Å². The minimum atomic E-state index is 0.0675. The number of hydrogen-bond donors (Lipinski definition) is 2. The van der Waals surface area contributed by atoms with Crippen LogP contribution in [0.4, 0.5) is 0 Å². The first-order chi connectivity index (χ1) is 8.08. The SMILES string of the molecule is COC1CC(NC(=O)Cc2sc(=S)[nH]c2C)C1. The van der Waals surface area contributed by atoms with Gasteiger partial charge < -0.3 is 15.0 Å². The lowest BCUT2D eigenvalue weighted by Crippen LogP contribution is -2.47. The van der Waals surface area contributed by atoms with E-state index in [1.165, 1.54) is 11.3 Å². The summed E-state index contributed by atoms with van der Waals surface area (Å²) >= 11 is 6.52. The van der Waals surface area contributed by atoms with Gasteiger partial charge in [-0.1, -0.05) is 0 Å². The van der Waals surface area contributed by atoms with E-state index in [9.17, 15) is 4.79 Å². The van der Waals surface area contributed by atoms with Gasteiger partial charge >= 0.3 is 0 Å². The number of thiazole rings is 1. The standard InChI is InChI=1S/C11H16N2O2S2/c1-6-9(17-11(16)12-6)5-10(14)13-7-3-8(4-7)15-2/h7-8H,3-5H2,1-2H3,(H,12,16)(H,13,14). The van der Waals surface area contributed by atoms with Crippen LogP contribution in [-0.2, 0) is 16.0 Å². The number of nitrogens with one attached hydrogen (secondary N) is 2. The van der Waals surface area contributed by atoms with E-state index < -0.39 is 0 Å². The molecule has 0 saturated heterocycles. The summed E-state index contributed by atoms with van der Waals surface area (Å²) in [6.07, 6.45) is 2.57. The lowest BCUT2D eigenvalue weighted by Gasteiger charge is -2.34. The van der Waals surface area contributed by atoms with Crippen molar-refractivity contribution < 1.29 is 9.53 Å². The number of H-pyrrole nitrogens is 1. The topological polar surface area (TPSA) is 54.1 Å². The normalized spacial score (nSPS) is 23.2. The van der Waals surface area contributed by atoms with Crippen LogP contribution in [0.25, 0.3) is 0 Å². The molecular formula is C11H16N2O2S2. The average molecular weight is 272 g/mol. The van der Waals surface area contributed by atoms with Crippen molar-refractivity contribution in [3.8, 4) is 0 Å². The third-order valence-electron chi connectivity index (χ3n) is 3.04. The highest BCUT2D eigenvalue weighted by Gasteiger charge is 2.30. The zero-order valence-corrected chi connectivity index (χ0v) is 11.5. The van der Waals surface area contributed by atoms with Gasteiger partial charge in [0.15, 0.2) is 3.95 Å². The van der Waals surface area contributed by atoms with Gasteiger partial charge in [0.05, 0.1) is 12.5 Å². The predicted molar refractivity (Wildman–Crippen MR) is 69.9 cm³/mol. The van der Waals surface area contributed by atoms with Gasteiger partial charge in [0.2, 0.25) is 5.91 Å². The van der Waals surface area contributed by atoms with E-state index >= 15 is 0 Å². The summed E-state index contributed by atoms with van der Waals surface area (Å²) < 4.78 is 5.90. The summed E-state index contributed by atoms with van der Waals surface area (Å²) in [6, 6.07) is 0.277. The zero-order chi connectivity index (χ0) is 12.4. The van der Waals surface area contributed by atoms with Crippen LogP contribution in [0.5, 0.6) is 0 Å². The van der Waals surface area contributed by atoms with Crippen molar-refractivity contribution in [2.45, 2.75) is 38.3 Å². The Labute approximate surface area is 109 Å². The number of aryl methyl sites for hydroxylation is 1. The summed E-state index contributed by atoms with van der Waals surface area (Å²) in [4.78, 5) is 15.8. The number of aromatic nitrogens is 1. The van der Waals surface area contributed by atoms with Gasteiger partial charge in [0, 0.05) is 23.7 Å². The summed E-state index contributed by atoms with van der Waals surface area (Å²) in [6.45, 7) is 1.94. The number of rotatable bonds is 4. The van der Waals surface area contributed by atoms with Crippen LogP contribution >= 0.6 is 23.6 Å². The van der Waals surface area contributed by atoms with Gasteiger partial charge in [-0.15, -0.1) is 11.3 Å². The first kappa shape index (κ1) is 12.7. The molecule has 0 aromatic carbocycles. The number of hydrogen-bond acceptors (Lipinski definition) is 4. The smallest absolute Gasteiger partial charge is 0.225 e. The molecule has 2 N–H and O–H groups in total. The molecule has 1 fully saturated rings. The molecule has 0 aliphatic heterocycles. The zero-order valence-electron chi connectivity index (χ0n) is 9.91. The van der Waals surface area contributed by atoms with Crippen molar-refractivity contribution in [3.05, 3.63) is 14.5 Å². The first-order valence-electron chi connectivity index (χ1n) is 5.59. The Morgan fingerprint density at radius 2 is 2.35 bits per heavy atom. The van der Waals surface area contributed by atoms with Crippen LogP contribution in [0.3, 0.4) is 0 Å². The van der Waals surface area contributed by atoms with Gasteiger partial charge in [-0.3, -0.25) is 4.79 Å². The van der Waals surface area contributed by atoms with Crippen molar-refractivity contribution in [2.24, 2.45) is 0 Å². The Morgan fingerprint density at radius 1 is 1.65 bits per heavy atom. The average Bonchev–Trinajstić information content (AvgIpc) is 2.50. The van der Waals surface area contributed by atoms with Crippen molar-refractivity contribution in [1.82, 2.24) is 10.3 Å². The van der Waals surface area contributed by atoms with E-state index in [-0.39, 0.29) is 11.9 Å². The maximum absolute atomic E-state index is 11.8. The van der Waals surface area contributed by atoms with Crippen LogP contribution in [0.15, 0.2) is 0 Å². The monoisotopic (exact) mass is 272 g/mol. The predicted octanol–water partition coefficient (Wildman–Crippen LogP) is 1.95. The Hall–Kier alpha value is -0.720. The summed E-state index contributed by atoms with van der Waals surface area (Å²) in [5, 5.41) is 3.01. The molecule has 17 heavy (non-hydrogen) atoms. The highest BCUT2D eigenvalue weighted by Crippen LogP contribution is 2.23. The Bertz CT molecular complexity index is 460. The van der Waals surface area contributed by atoms with Crippen molar-refractivity contribution in [1.29, 1.82) is 0 Å². The second-order valence-corrected chi connectivity index (χ2v) is 6.10. The van der Waals surface area contributed by atoms with Gasteiger partial charge in [-0.2, -0.15) is 0 Å². The van der Waals surface area contributed by atoms with Crippen LogP contribution < -0.4 is 5.32 Å². The van der Waals surface area contributed by atoms with E-state index in [1.807, 2.05) is 6.92 Å². The molecule has 0 radical (unpaired) electrons. The molecule has 0 spiro atoms. The molecule has 0 bridgehead atoms. The van der Waals surface area contributed by atoms with Gasteiger partial charge in [0.1, 0.15) is 0 Å². The van der Waals surface area contributed by atoms with Crippen molar-refractivity contribution >= 4 is 29.5 Å². The van der Waals surface area contributed by atoms with Gasteiger partial charge in [0.25, 0.3) is 0 Å². The number of aromatic amines is 1. The second kappa shape index (κ2) is 5.29. The third kappa shape index (κ3) is 3.14. The molecule has 0 unspecified atom stereocenters. The lowest BCUT2D eigenvalue weighted by atomic mass is 9.89. The van der Waals surface area contributed by atoms with E-state index in [4.69, 9.17) is 17.0 Å². The molecule has 0 atom stereocenters. The summed E-state index contributed by atoms with van der Waals surface area (Å²) in [7, 11) is 1.71. The fourth-order valence-electron chi connectivity index (χ4n) is 1.91. The Balaban J connectivity index is 1.82. The highest BCUT2D eigenvalue weighted by molar-refractivity contribution is 7.73. The third-order valence-corrected chi connectivity index (χ3v) is 4.37. The minimum Gasteiger partial charge on any atom is -0.381 e. The molecule has 1 aliphatic rings. The number of carbonyl (C=O) groups is 1. The van der Waals surface area contributed by atoms with Crippen LogP contribution in [0, 0.1) is 10.9 Å². The van der Waals surface area contributed by atoms with Crippen LogP contribution in [0.2, 0.25) is 0 Å². The number of carbonyl (C=O) groups excluding carboxylic acids is 1. The molecular weight excluding hydrogens is 256 g/mol. The molecule has 1 heterocycles. The second-order valence-electron chi connectivity index (χ2n) is 4.33. The largest absolute Gasteiger partial charge is 0.381 e. The Kier molecular flexibility index (Phi) is 3.96. The molecule has 1 aromatic rings. The van der Waals surface area contributed by atoms with E-state index in [2.05, 4.69) is 10.3 Å². The molecule has 1 aromatic heterocycles. The molecule has 2 rings (SSSR count). The molecule has 1 saturated carbocycles. The van der Waals surface area contributed by atoms with Crippen LogP contribution in [-0.4, -0.2) is 30.1 Å². The summed E-state index contributed by atoms with van der Waals surface area (Å²) in [5.41, 5.74) is 0.999. The molecule has 6 heteroatoms. The maximum atomic E-state index is 11.8. The number of amides is 1. The fraction of sp³-hybridized carbons (Fsp3) is 0.636. The minimum absolute atomic E-state index is 0.0675. The first-order valence-corrected chi connectivity index (χ1v) is 6.81. The molecule has 1 aliphatic carbocycles. The number of methoxy groups -OCH3 is 1. The van der Waals surface area contributed by atoms with E-state index in [0.29, 0.717) is 12.5 Å². The summed E-state index contributed by atoms with van der Waals surface area (Å²) in [5.74, 6) is 0.0675. The molecule has 1 amide bonds. The number of ether oxygens (including phenoxy) is 1. The molecule has 94 valence electrons. The Morgan fingerprint density at radius 3 is 2.88 bits per heavy atom. The van der Waals surface area contributed by atoms with E-state index in [1.54, 1.807) is 7.11 Å². The fourth-order valence-corrected chi connectivity index (χ4v) is 3.20. The van der Waals surface area contributed by atoms with Gasteiger partial charge in [-0.05, 0) is 32.0 Å². The van der Waals surface area contributed by atoms with Crippen molar-refractivity contribution in [2.75, 3.05) is 7.11 Å².